The molecular weight excluding hydrogens is 564 g/mol. The molecule has 0 bridgehead atoms. The van der Waals surface area contributed by atoms with E-state index < -0.39 is 58.7 Å². The van der Waals surface area contributed by atoms with E-state index in [1.165, 1.54) is 6.07 Å². The number of aliphatic hydroxyl groups is 3. The van der Waals surface area contributed by atoms with Gasteiger partial charge in [0.1, 0.15) is 23.2 Å². The first-order valence-electron chi connectivity index (χ1n) is 15.2. The fraction of sp³-hybridized carbons (Fsp3) is 0.471. The number of unbranched alkanes of at least 4 members (excludes halogenated alkanes) is 2. The van der Waals surface area contributed by atoms with Crippen molar-refractivity contribution in [3.8, 4) is 16.9 Å². The van der Waals surface area contributed by atoms with Gasteiger partial charge in [0.05, 0.1) is 11.7 Å². The average molecular weight is 605 g/mol. The van der Waals surface area contributed by atoms with E-state index in [1.54, 1.807) is 25.1 Å². The Kier molecular flexibility index (Phi) is 8.54. The minimum Gasteiger partial charge on any atom is -0.507 e. The average Bonchev–Trinajstić information content (AvgIpc) is 2.95. The molecule has 0 aliphatic heterocycles. The Morgan fingerprint density at radius 1 is 1.05 bits per heavy atom. The molecule has 5 rings (SSSR count). The predicted octanol–water partition coefficient (Wildman–Crippen LogP) is 2.49. The number of nitrogens with zero attached hydrogens (tertiary/aromatic N) is 1. The highest BCUT2D eigenvalue weighted by Crippen LogP contribution is 2.53. The lowest BCUT2D eigenvalue weighted by molar-refractivity contribution is -0.184. The molecule has 0 spiro atoms. The minimum atomic E-state index is -2.69. The van der Waals surface area contributed by atoms with E-state index in [-0.39, 0.29) is 35.5 Å². The number of carbonyl (C=O) groups is 4. The summed E-state index contributed by atoms with van der Waals surface area (Å²) in [5, 5.41) is 45.1. The largest absolute Gasteiger partial charge is 0.507 e. The molecule has 1 amide bonds. The van der Waals surface area contributed by atoms with Gasteiger partial charge in [-0.25, -0.2) is 0 Å². The molecule has 2 fully saturated rings. The number of aromatic hydroxyl groups is 1. The molecule has 0 heterocycles. The number of fused-ring (bicyclic) bond motifs is 3. The van der Waals surface area contributed by atoms with Gasteiger partial charge in [0.2, 0.25) is 11.7 Å². The molecule has 0 radical (unpaired) electrons. The molecule has 234 valence electrons. The maximum Gasteiger partial charge on any atom is 0.230 e. The smallest absolute Gasteiger partial charge is 0.230 e. The van der Waals surface area contributed by atoms with Gasteiger partial charge in [0.15, 0.2) is 11.4 Å². The maximum absolute atomic E-state index is 14.0. The molecule has 10 heteroatoms. The number of phenols is 1. The van der Waals surface area contributed by atoms with E-state index in [4.69, 9.17) is 5.73 Å². The van der Waals surface area contributed by atoms with Crippen LogP contribution in [0.1, 0.15) is 55.7 Å². The van der Waals surface area contributed by atoms with Gasteiger partial charge in [0.25, 0.3) is 0 Å². The van der Waals surface area contributed by atoms with Crippen molar-refractivity contribution in [1.82, 2.24) is 4.90 Å². The summed E-state index contributed by atoms with van der Waals surface area (Å²) in [7, 11) is 3.23. The number of aliphatic hydroxyl groups excluding tert-OH is 2. The number of likely N-dealkylation sites (N-methyl/N-ethyl adjacent to an activating group) is 1. The van der Waals surface area contributed by atoms with Crippen LogP contribution in [0, 0.1) is 17.8 Å². The fourth-order valence-corrected chi connectivity index (χ4v) is 7.57. The van der Waals surface area contributed by atoms with Crippen LogP contribution < -0.4 is 5.73 Å². The van der Waals surface area contributed by atoms with Gasteiger partial charge in [0, 0.05) is 30.4 Å². The van der Waals surface area contributed by atoms with Crippen molar-refractivity contribution in [1.29, 1.82) is 0 Å². The lowest BCUT2D eigenvalue weighted by Gasteiger charge is -2.53. The van der Waals surface area contributed by atoms with Gasteiger partial charge >= 0.3 is 0 Å². The summed E-state index contributed by atoms with van der Waals surface area (Å²) in [4.78, 5) is 53.6. The Hall–Kier alpha value is -3.86. The third-order valence-electron chi connectivity index (χ3n) is 9.70. The van der Waals surface area contributed by atoms with E-state index in [0.29, 0.717) is 18.4 Å². The minimum absolute atomic E-state index is 0.0400. The van der Waals surface area contributed by atoms with E-state index in [9.17, 15) is 39.6 Å². The number of benzene rings is 2. The van der Waals surface area contributed by atoms with Crippen LogP contribution in [0.2, 0.25) is 0 Å². The molecule has 3 unspecified atom stereocenters. The Bertz CT molecular complexity index is 1540. The molecule has 10 nitrogen and oxygen atoms in total. The zero-order valence-electron chi connectivity index (χ0n) is 25.2. The Labute approximate surface area is 256 Å². The highest BCUT2D eigenvalue weighted by atomic mass is 16.3. The molecule has 2 saturated carbocycles. The van der Waals surface area contributed by atoms with Crippen LogP contribution in [-0.2, 0) is 32.0 Å². The Morgan fingerprint density at radius 3 is 2.34 bits per heavy atom. The van der Waals surface area contributed by atoms with Gasteiger partial charge in [-0.1, -0.05) is 50.1 Å². The van der Waals surface area contributed by atoms with Gasteiger partial charge in [-0.05, 0) is 67.6 Å². The summed E-state index contributed by atoms with van der Waals surface area (Å²) in [6.07, 6.45) is 2.55. The number of primary amides is 1. The van der Waals surface area contributed by atoms with Crippen LogP contribution in [-0.4, -0.2) is 80.4 Å². The standard InChI is InChI=1S/C34H40N2O8/c1-4-5-6-7-20(37)14-17-8-10-18(11-9-17)21-12-13-24(38)26-22(21)15-19-16-23-28(36(2)3)30(40)27(33(35)43)32(42)34(23,44)31(41)25(19)29(26)39/h8-13,19,23,27-28,30,38-40,44H,4-7,14-16H2,1-3H3,(H2,35,43)/t19-,23-,27?,28?,30?,34-/m1/s1. The number of hydrogen-bond acceptors (Lipinski definition) is 9. The molecule has 0 saturated heterocycles. The summed E-state index contributed by atoms with van der Waals surface area (Å²) >= 11 is 0. The van der Waals surface area contributed by atoms with Crippen molar-refractivity contribution in [3.63, 3.8) is 0 Å². The van der Waals surface area contributed by atoms with Crippen molar-refractivity contribution in [2.45, 2.75) is 69.6 Å². The lowest BCUT2D eigenvalue weighted by atomic mass is 9.54. The van der Waals surface area contributed by atoms with Crippen molar-refractivity contribution >= 4 is 29.0 Å². The second-order valence-electron chi connectivity index (χ2n) is 12.6. The molecule has 2 aromatic rings. The van der Waals surface area contributed by atoms with Gasteiger partial charge in [-0.3, -0.25) is 19.2 Å². The monoisotopic (exact) mass is 604 g/mol. The van der Waals surface area contributed by atoms with Crippen molar-refractivity contribution in [2.24, 2.45) is 23.5 Å². The normalized spacial score (nSPS) is 28.0. The van der Waals surface area contributed by atoms with Gasteiger partial charge in [-0.2, -0.15) is 0 Å². The third kappa shape index (κ3) is 5.04. The second kappa shape index (κ2) is 11.9. The summed E-state index contributed by atoms with van der Waals surface area (Å²) in [6.45, 7) is 2.09. The second-order valence-corrected chi connectivity index (χ2v) is 12.6. The summed E-state index contributed by atoms with van der Waals surface area (Å²) in [5.74, 6) is -7.54. The number of nitrogens with two attached hydrogens (primary N) is 1. The van der Waals surface area contributed by atoms with Gasteiger partial charge < -0.3 is 31.1 Å². The Balaban J connectivity index is 1.54. The first-order chi connectivity index (χ1) is 20.8. The first kappa shape index (κ1) is 31.6. The van der Waals surface area contributed by atoms with E-state index in [0.717, 1.165) is 36.0 Å². The zero-order valence-corrected chi connectivity index (χ0v) is 25.2. The van der Waals surface area contributed by atoms with E-state index >= 15 is 0 Å². The third-order valence-corrected chi connectivity index (χ3v) is 9.70. The number of Topliss-reactive ketones (excluding diaryl/α,β-unsaturated/α-hetero) is 3. The summed E-state index contributed by atoms with van der Waals surface area (Å²) in [5.41, 5.74) is 5.58. The topological polar surface area (TPSA) is 178 Å². The highest BCUT2D eigenvalue weighted by molar-refractivity contribution is 6.25. The summed E-state index contributed by atoms with van der Waals surface area (Å²) in [6, 6.07) is 9.71. The van der Waals surface area contributed by atoms with Crippen LogP contribution in [0.4, 0.5) is 0 Å². The molecule has 2 aromatic carbocycles. The lowest BCUT2D eigenvalue weighted by Crippen LogP contribution is -2.73. The molecule has 6 atom stereocenters. The van der Waals surface area contributed by atoms with Crippen molar-refractivity contribution in [2.75, 3.05) is 14.1 Å². The maximum atomic E-state index is 14.0. The number of ketones is 3. The quantitative estimate of drug-likeness (QED) is 0.212. The van der Waals surface area contributed by atoms with E-state index in [1.807, 2.05) is 24.3 Å². The van der Waals surface area contributed by atoms with Crippen molar-refractivity contribution < 1.29 is 39.6 Å². The van der Waals surface area contributed by atoms with Crippen LogP contribution in [0.5, 0.6) is 5.75 Å². The number of amides is 1. The van der Waals surface area contributed by atoms with Crippen LogP contribution in [0.15, 0.2) is 42.0 Å². The molecule has 3 aliphatic rings. The number of hydrogen-bond donors (Lipinski definition) is 5. The molecule has 0 aromatic heterocycles. The molecular formula is C34H40N2O8. The Morgan fingerprint density at radius 2 is 1.73 bits per heavy atom. The SMILES string of the molecule is CCCCCC(=O)Cc1ccc(-c2ccc(O)c3c2C[C@@H]2C[C@@H]4C(N(C)C)C(O)C(C(N)=O)C(=O)[C@]4(O)C(=O)C2=C3O)cc1. The number of rotatable bonds is 9. The van der Waals surface area contributed by atoms with Crippen molar-refractivity contribution in [3.05, 3.63) is 58.7 Å². The molecule has 6 N–H and O–H groups in total. The zero-order chi connectivity index (χ0) is 32.1. The van der Waals surface area contributed by atoms with Crippen LogP contribution in [0.3, 0.4) is 0 Å². The first-order valence-corrected chi connectivity index (χ1v) is 15.2. The highest BCUT2D eigenvalue weighted by Gasteiger charge is 2.67. The number of carbonyl (C=O) groups excluding carboxylic acids is 4. The van der Waals surface area contributed by atoms with E-state index in [2.05, 4.69) is 6.92 Å². The van der Waals surface area contributed by atoms with Crippen LogP contribution in [0.25, 0.3) is 16.9 Å². The molecule has 44 heavy (non-hydrogen) atoms. The molecule has 3 aliphatic carbocycles. The van der Waals surface area contributed by atoms with Gasteiger partial charge in [-0.15, -0.1) is 0 Å². The number of phenolic OH excluding ortho intramolecular Hbond substituents is 1. The predicted molar refractivity (Wildman–Crippen MR) is 162 cm³/mol. The summed E-state index contributed by atoms with van der Waals surface area (Å²) < 4.78 is 0. The van der Waals surface area contributed by atoms with Crippen LogP contribution >= 0.6 is 0 Å². The fourth-order valence-electron chi connectivity index (χ4n) is 7.57.